The fourth-order valence-electron chi connectivity index (χ4n) is 3.28. The molecule has 0 N–H and O–H groups in total. The summed E-state index contributed by atoms with van der Waals surface area (Å²) in [6.45, 7) is 0. The van der Waals surface area contributed by atoms with Crippen LogP contribution < -0.4 is 9.47 Å². The predicted molar refractivity (Wildman–Crippen MR) is 120 cm³/mol. The summed E-state index contributed by atoms with van der Waals surface area (Å²) in [4.78, 5) is 0. The quantitative estimate of drug-likeness (QED) is 0.329. The fourth-order valence-corrected chi connectivity index (χ4v) is 4.14. The van der Waals surface area contributed by atoms with Gasteiger partial charge in [-0.2, -0.15) is 5.10 Å². The van der Waals surface area contributed by atoms with Crippen LogP contribution in [0.15, 0.2) is 77.3 Å². The lowest BCUT2D eigenvalue weighted by molar-refractivity contribution is 0.416. The van der Waals surface area contributed by atoms with E-state index in [1.54, 1.807) is 14.2 Å². The minimum atomic E-state index is 0.638. The number of aromatic nitrogens is 2. The van der Waals surface area contributed by atoms with Gasteiger partial charge in [-0.05, 0) is 58.4 Å². The molecule has 1 aromatic heterocycles. The van der Waals surface area contributed by atoms with E-state index in [0.717, 1.165) is 44.2 Å². The third kappa shape index (κ3) is 3.63. The molecule has 4 nitrogen and oxygen atoms in total. The summed E-state index contributed by atoms with van der Waals surface area (Å²) in [5.41, 5.74) is 4.28. The molecule has 4 rings (SSSR count). The van der Waals surface area contributed by atoms with Crippen molar-refractivity contribution in [3.8, 4) is 39.7 Å². The fraction of sp³-hybridized carbons (Fsp3) is 0.0870. The van der Waals surface area contributed by atoms with E-state index in [0.29, 0.717) is 5.02 Å². The van der Waals surface area contributed by atoms with Crippen molar-refractivity contribution in [2.75, 3.05) is 14.2 Å². The molecule has 0 radical (unpaired) electrons. The molecular weight excluding hydrogens is 452 g/mol. The Morgan fingerprint density at radius 3 is 2.10 bits per heavy atom. The zero-order valence-electron chi connectivity index (χ0n) is 15.9. The number of para-hydroxylation sites is 2. The summed E-state index contributed by atoms with van der Waals surface area (Å²) in [5.74, 6) is 1.50. The van der Waals surface area contributed by atoms with Gasteiger partial charge < -0.3 is 9.47 Å². The highest BCUT2D eigenvalue weighted by molar-refractivity contribution is 9.10. The average Bonchev–Trinajstić information content (AvgIpc) is 3.10. The Balaban J connectivity index is 2.04. The molecule has 0 bridgehead atoms. The summed E-state index contributed by atoms with van der Waals surface area (Å²) in [6.07, 6.45) is 0. The summed E-state index contributed by atoms with van der Waals surface area (Å²) in [5, 5.41) is 5.57. The second-order valence-corrected chi connectivity index (χ2v) is 7.53. The molecule has 0 saturated heterocycles. The van der Waals surface area contributed by atoms with Gasteiger partial charge in [0.15, 0.2) is 0 Å². The SMILES string of the molecule is COc1ccccc1-c1nn(-c2cccc(Cl)c2)c(-c2ccccc2OC)c1Br. The molecule has 0 fully saturated rings. The maximum absolute atomic E-state index is 6.27. The summed E-state index contributed by atoms with van der Waals surface area (Å²) in [7, 11) is 3.32. The topological polar surface area (TPSA) is 36.3 Å². The van der Waals surface area contributed by atoms with Gasteiger partial charge in [-0.1, -0.05) is 41.9 Å². The van der Waals surface area contributed by atoms with E-state index >= 15 is 0 Å². The van der Waals surface area contributed by atoms with Crippen LogP contribution in [0.5, 0.6) is 11.5 Å². The molecule has 0 atom stereocenters. The van der Waals surface area contributed by atoms with Gasteiger partial charge in [-0.3, -0.25) is 0 Å². The van der Waals surface area contributed by atoms with Crippen LogP contribution in [0, 0.1) is 0 Å². The molecule has 0 aliphatic carbocycles. The number of hydrogen-bond donors (Lipinski definition) is 0. The molecule has 1 heterocycles. The second kappa shape index (κ2) is 8.31. The second-order valence-electron chi connectivity index (χ2n) is 6.30. The predicted octanol–water partition coefficient (Wildman–Crippen LogP) is 6.64. The largest absolute Gasteiger partial charge is 0.496 e. The van der Waals surface area contributed by atoms with Gasteiger partial charge in [0.25, 0.3) is 0 Å². The molecule has 0 aliphatic rings. The summed E-state index contributed by atoms with van der Waals surface area (Å²) in [6, 6.07) is 23.3. The van der Waals surface area contributed by atoms with Gasteiger partial charge in [0.05, 0.1) is 30.1 Å². The Hall–Kier alpha value is -2.76. The highest BCUT2D eigenvalue weighted by Gasteiger charge is 2.23. The van der Waals surface area contributed by atoms with Gasteiger partial charge >= 0.3 is 0 Å². The van der Waals surface area contributed by atoms with E-state index < -0.39 is 0 Å². The number of ether oxygens (including phenoxy) is 2. The zero-order valence-corrected chi connectivity index (χ0v) is 18.2. The van der Waals surface area contributed by atoms with E-state index in [-0.39, 0.29) is 0 Å². The first-order valence-electron chi connectivity index (χ1n) is 8.95. The van der Waals surface area contributed by atoms with E-state index in [4.69, 9.17) is 26.2 Å². The number of benzene rings is 3. The van der Waals surface area contributed by atoms with Crippen LogP contribution >= 0.6 is 27.5 Å². The molecule has 4 aromatic rings. The standard InChI is InChI=1S/C23H18BrClN2O2/c1-28-19-12-5-3-10-17(19)22-21(24)23(18-11-4-6-13-20(18)29-2)27(26-22)16-9-7-8-15(25)14-16/h3-14H,1-2H3. The van der Waals surface area contributed by atoms with Gasteiger partial charge in [0, 0.05) is 16.1 Å². The Bertz CT molecular complexity index is 1170. The van der Waals surface area contributed by atoms with Crippen LogP contribution in [0.1, 0.15) is 0 Å². The highest BCUT2D eigenvalue weighted by Crippen LogP contribution is 2.43. The molecule has 0 spiro atoms. The van der Waals surface area contributed by atoms with Crippen LogP contribution in [-0.2, 0) is 0 Å². The van der Waals surface area contributed by atoms with E-state index in [2.05, 4.69) is 15.9 Å². The molecule has 0 aliphatic heterocycles. The number of rotatable bonds is 5. The molecule has 0 saturated carbocycles. The zero-order chi connectivity index (χ0) is 20.4. The molecule has 0 unspecified atom stereocenters. The van der Waals surface area contributed by atoms with Gasteiger partial charge in [0.1, 0.15) is 17.2 Å². The van der Waals surface area contributed by atoms with Crippen molar-refractivity contribution in [1.29, 1.82) is 0 Å². The number of halogens is 2. The maximum atomic E-state index is 6.27. The minimum Gasteiger partial charge on any atom is -0.496 e. The molecular formula is C23H18BrClN2O2. The Labute approximate surface area is 182 Å². The number of methoxy groups -OCH3 is 2. The van der Waals surface area contributed by atoms with Crippen LogP contribution in [0.2, 0.25) is 5.02 Å². The van der Waals surface area contributed by atoms with Crippen LogP contribution in [-0.4, -0.2) is 24.0 Å². The van der Waals surface area contributed by atoms with Gasteiger partial charge in [0.2, 0.25) is 0 Å². The average molecular weight is 470 g/mol. The summed E-state index contributed by atoms with van der Waals surface area (Å²) >= 11 is 10.1. The first kappa shape index (κ1) is 19.6. The minimum absolute atomic E-state index is 0.638. The van der Waals surface area contributed by atoms with Crippen LogP contribution in [0.3, 0.4) is 0 Å². The maximum Gasteiger partial charge on any atom is 0.128 e. The normalized spacial score (nSPS) is 10.8. The Kier molecular flexibility index (Phi) is 5.60. The lowest BCUT2D eigenvalue weighted by Gasteiger charge is -2.12. The van der Waals surface area contributed by atoms with Crippen molar-refractivity contribution < 1.29 is 9.47 Å². The van der Waals surface area contributed by atoms with Gasteiger partial charge in [-0.15, -0.1) is 0 Å². The van der Waals surface area contributed by atoms with Gasteiger partial charge in [-0.25, -0.2) is 4.68 Å². The lowest BCUT2D eigenvalue weighted by Crippen LogP contribution is -2.00. The molecule has 146 valence electrons. The summed E-state index contributed by atoms with van der Waals surface area (Å²) < 4.78 is 13.9. The molecule has 29 heavy (non-hydrogen) atoms. The van der Waals surface area contributed by atoms with E-state index in [9.17, 15) is 0 Å². The molecule has 0 amide bonds. The van der Waals surface area contributed by atoms with Crippen molar-refractivity contribution in [3.05, 3.63) is 82.3 Å². The lowest BCUT2D eigenvalue weighted by atomic mass is 10.1. The Morgan fingerprint density at radius 2 is 1.45 bits per heavy atom. The third-order valence-corrected chi connectivity index (χ3v) is 5.59. The highest BCUT2D eigenvalue weighted by atomic mass is 79.9. The molecule has 3 aromatic carbocycles. The number of hydrogen-bond acceptors (Lipinski definition) is 3. The van der Waals surface area contributed by atoms with Crippen LogP contribution in [0.25, 0.3) is 28.2 Å². The molecule has 6 heteroatoms. The van der Waals surface area contributed by atoms with E-state index in [1.807, 2.05) is 77.5 Å². The number of nitrogens with zero attached hydrogens (tertiary/aromatic N) is 2. The van der Waals surface area contributed by atoms with Crippen molar-refractivity contribution in [2.24, 2.45) is 0 Å². The van der Waals surface area contributed by atoms with Crippen molar-refractivity contribution >= 4 is 27.5 Å². The third-order valence-electron chi connectivity index (χ3n) is 4.60. The first-order valence-corrected chi connectivity index (χ1v) is 10.1. The first-order chi connectivity index (χ1) is 14.1. The monoisotopic (exact) mass is 468 g/mol. The van der Waals surface area contributed by atoms with Crippen molar-refractivity contribution in [2.45, 2.75) is 0 Å². The smallest absolute Gasteiger partial charge is 0.128 e. The Morgan fingerprint density at radius 1 is 0.828 bits per heavy atom. The van der Waals surface area contributed by atoms with Crippen molar-refractivity contribution in [1.82, 2.24) is 9.78 Å². The van der Waals surface area contributed by atoms with Crippen molar-refractivity contribution in [3.63, 3.8) is 0 Å². The van der Waals surface area contributed by atoms with Crippen LogP contribution in [0.4, 0.5) is 0 Å². The van der Waals surface area contributed by atoms with E-state index in [1.165, 1.54) is 0 Å².